The normalized spacial score (nSPS) is 10.8. The van der Waals surface area contributed by atoms with Crippen LogP contribution >= 0.6 is 11.3 Å². The first-order valence-corrected chi connectivity index (χ1v) is 7.22. The fourth-order valence-electron chi connectivity index (χ4n) is 2.15. The number of nitrogens with one attached hydrogen (secondary N) is 2. The smallest absolute Gasteiger partial charge is 0.258 e. The zero-order chi connectivity index (χ0) is 15.0. The number of fused-ring (bicyclic) bond motifs is 1. The van der Waals surface area contributed by atoms with E-state index < -0.39 is 0 Å². The molecule has 3 aromatic rings. The fourth-order valence-corrected chi connectivity index (χ4v) is 3.18. The van der Waals surface area contributed by atoms with Gasteiger partial charge in [-0.3, -0.25) is 14.9 Å². The van der Waals surface area contributed by atoms with Crippen LogP contribution in [0.15, 0.2) is 35.3 Å². The molecule has 0 spiro atoms. The standard InChI is InChI=1S/C15H13N3O2S/c1-8-5-9(2)13-11(6-8)21-15(17-13)18-14(20)10-3-4-12(19)16-7-10/h3-7H,1-2H3,(H,16,19)(H,17,18,20). The molecule has 0 unspecified atom stereocenters. The number of aryl methyl sites for hydroxylation is 2. The lowest BCUT2D eigenvalue weighted by Crippen LogP contribution is -2.14. The van der Waals surface area contributed by atoms with Crippen molar-refractivity contribution in [2.24, 2.45) is 0 Å². The van der Waals surface area contributed by atoms with Gasteiger partial charge in [-0.25, -0.2) is 4.98 Å². The van der Waals surface area contributed by atoms with Gasteiger partial charge in [-0.1, -0.05) is 17.4 Å². The molecule has 106 valence electrons. The van der Waals surface area contributed by atoms with Gasteiger partial charge in [-0.2, -0.15) is 0 Å². The average molecular weight is 299 g/mol. The first kappa shape index (κ1) is 13.5. The van der Waals surface area contributed by atoms with E-state index in [1.165, 1.54) is 35.2 Å². The second kappa shape index (κ2) is 5.14. The van der Waals surface area contributed by atoms with Crippen molar-refractivity contribution in [3.8, 4) is 0 Å². The summed E-state index contributed by atoms with van der Waals surface area (Å²) in [6, 6.07) is 6.92. The third-order valence-corrected chi connectivity index (χ3v) is 4.01. The maximum Gasteiger partial charge on any atom is 0.258 e. The van der Waals surface area contributed by atoms with E-state index in [-0.39, 0.29) is 11.5 Å². The van der Waals surface area contributed by atoms with E-state index in [1.54, 1.807) is 0 Å². The van der Waals surface area contributed by atoms with E-state index in [4.69, 9.17) is 0 Å². The number of aromatic nitrogens is 2. The average Bonchev–Trinajstić information content (AvgIpc) is 2.82. The molecule has 3 rings (SSSR count). The van der Waals surface area contributed by atoms with Crippen molar-refractivity contribution >= 4 is 32.6 Å². The van der Waals surface area contributed by atoms with Gasteiger partial charge in [-0.05, 0) is 37.1 Å². The first-order chi connectivity index (χ1) is 10.0. The van der Waals surface area contributed by atoms with Crippen LogP contribution in [0, 0.1) is 13.8 Å². The molecule has 0 saturated carbocycles. The largest absolute Gasteiger partial charge is 0.328 e. The molecule has 21 heavy (non-hydrogen) atoms. The summed E-state index contributed by atoms with van der Waals surface area (Å²) in [5, 5.41) is 3.31. The van der Waals surface area contributed by atoms with Gasteiger partial charge >= 0.3 is 0 Å². The predicted molar refractivity (Wildman–Crippen MR) is 84.1 cm³/mol. The van der Waals surface area contributed by atoms with E-state index in [2.05, 4.69) is 27.4 Å². The van der Waals surface area contributed by atoms with Gasteiger partial charge in [0.15, 0.2) is 5.13 Å². The number of benzene rings is 1. The van der Waals surface area contributed by atoms with Crippen LogP contribution in [0.2, 0.25) is 0 Å². The number of hydrogen-bond acceptors (Lipinski definition) is 4. The number of nitrogens with zero attached hydrogens (tertiary/aromatic N) is 1. The van der Waals surface area contributed by atoms with Crippen LogP contribution < -0.4 is 10.9 Å². The van der Waals surface area contributed by atoms with Crippen LogP contribution in [-0.2, 0) is 0 Å². The Bertz CT molecular complexity index is 875. The molecule has 0 aliphatic rings. The highest BCUT2D eigenvalue weighted by Gasteiger charge is 2.11. The minimum Gasteiger partial charge on any atom is -0.328 e. The summed E-state index contributed by atoms with van der Waals surface area (Å²) in [5.41, 5.74) is 3.31. The molecular formula is C15H13N3O2S. The van der Waals surface area contributed by atoms with Crippen molar-refractivity contribution in [2.75, 3.05) is 5.32 Å². The number of carbonyl (C=O) groups excluding carboxylic acids is 1. The van der Waals surface area contributed by atoms with Gasteiger partial charge in [0.2, 0.25) is 5.56 Å². The molecule has 0 fully saturated rings. The monoisotopic (exact) mass is 299 g/mol. The van der Waals surface area contributed by atoms with Crippen molar-refractivity contribution < 1.29 is 4.79 Å². The van der Waals surface area contributed by atoms with Crippen molar-refractivity contribution in [1.82, 2.24) is 9.97 Å². The van der Waals surface area contributed by atoms with Crippen molar-refractivity contribution in [1.29, 1.82) is 0 Å². The highest BCUT2D eigenvalue weighted by Crippen LogP contribution is 2.29. The number of aromatic amines is 1. The Hall–Kier alpha value is -2.47. The van der Waals surface area contributed by atoms with E-state index >= 15 is 0 Å². The van der Waals surface area contributed by atoms with Gasteiger partial charge < -0.3 is 4.98 Å². The number of amides is 1. The number of pyridine rings is 1. The Kier molecular flexibility index (Phi) is 3.31. The molecule has 0 bridgehead atoms. The van der Waals surface area contributed by atoms with Crippen LogP contribution in [-0.4, -0.2) is 15.9 Å². The molecule has 5 nitrogen and oxygen atoms in total. The Morgan fingerprint density at radius 1 is 1.29 bits per heavy atom. The van der Waals surface area contributed by atoms with Crippen LogP contribution in [0.25, 0.3) is 10.2 Å². The van der Waals surface area contributed by atoms with Gasteiger partial charge in [0, 0.05) is 12.3 Å². The van der Waals surface area contributed by atoms with Crippen LogP contribution in [0.4, 0.5) is 5.13 Å². The Labute approximate surface area is 124 Å². The Morgan fingerprint density at radius 3 is 2.81 bits per heavy atom. The second-order valence-corrected chi connectivity index (χ2v) is 5.87. The number of hydrogen-bond donors (Lipinski definition) is 2. The summed E-state index contributed by atoms with van der Waals surface area (Å²) in [7, 11) is 0. The molecule has 2 heterocycles. The van der Waals surface area contributed by atoms with E-state index in [1.807, 2.05) is 13.8 Å². The maximum atomic E-state index is 12.1. The van der Waals surface area contributed by atoms with Crippen LogP contribution in [0.5, 0.6) is 0 Å². The lowest BCUT2D eigenvalue weighted by molar-refractivity contribution is 0.102. The van der Waals surface area contributed by atoms with Crippen molar-refractivity contribution in [3.05, 3.63) is 57.5 Å². The number of anilines is 1. The Balaban J connectivity index is 1.91. The molecule has 0 saturated heterocycles. The summed E-state index contributed by atoms with van der Waals surface area (Å²) < 4.78 is 1.05. The van der Waals surface area contributed by atoms with Crippen LogP contribution in [0.3, 0.4) is 0 Å². The minimum absolute atomic E-state index is 0.238. The number of carbonyl (C=O) groups is 1. The topological polar surface area (TPSA) is 74.8 Å². The van der Waals surface area contributed by atoms with Gasteiger partial charge in [0.25, 0.3) is 5.91 Å². The highest BCUT2D eigenvalue weighted by atomic mass is 32.1. The molecule has 0 aliphatic carbocycles. The number of H-pyrrole nitrogens is 1. The molecule has 2 N–H and O–H groups in total. The predicted octanol–water partition coefficient (Wildman–Crippen LogP) is 2.85. The molecule has 0 atom stereocenters. The molecule has 2 aromatic heterocycles. The molecule has 0 aliphatic heterocycles. The Morgan fingerprint density at radius 2 is 2.10 bits per heavy atom. The zero-order valence-electron chi connectivity index (χ0n) is 11.6. The minimum atomic E-state index is -0.292. The van der Waals surface area contributed by atoms with Gasteiger partial charge in [0.1, 0.15) is 0 Å². The summed E-state index contributed by atoms with van der Waals surface area (Å²) in [6.45, 7) is 4.04. The highest BCUT2D eigenvalue weighted by molar-refractivity contribution is 7.22. The van der Waals surface area contributed by atoms with E-state index in [0.29, 0.717) is 10.7 Å². The maximum absolute atomic E-state index is 12.1. The van der Waals surface area contributed by atoms with Gasteiger partial charge in [-0.15, -0.1) is 0 Å². The summed E-state index contributed by atoms with van der Waals surface area (Å²) in [5.74, 6) is -0.292. The van der Waals surface area contributed by atoms with E-state index in [0.717, 1.165) is 15.8 Å². The summed E-state index contributed by atoms with van der Waals surface area (Å²) in [6.07, 6.45) is 1.39. The van der Waals surface area contributed by atoms with Crippen molar-refractivity contribution in [3.63, 3.8) is 0 Å². The lowest BCUT2D eigenvalue weighted by atomic mass is 10.1. The molecule has 0 radical (unpaired) electrons. The summed E-state index contributed by atoms with van der Waals surface area (Å²) >= 11 is 1.44. The SMILES string of the molecule is Cc1cc(C)c2nc(NC(=O)c3ccc(=O)[nH]c3)sc2c1. The molecule has 1 amide bonds. The third-order valence-electron chi connectivity index (χ3n) is 3.10. The first-order valence-electron chi connectivity index (χ1n) is 6.41. The van der Waals surface area contributed by atoms with Gasteiger partial charge in [0.05, 0.1) is 15.8 Å². The quantitative estimate of drug-likeness (QED) is 0.764. The molecule has 6 heteroatoms. The molecule has 1 aromatic carbocycles. The lowest BCUT2D eigenvalue weighted by Gasteiger charge is -2.00. The second-order valence-electron chi connectivity index (χ2n) is 4.84. The van der Waals surface area contributed by atoms with Crippen molar-refractivity contribution in [2.45, 2.75) is 13.8 Å². The van der Waals surface area contributed by atoms with Crippen LogP contribution in [0.1, 0.15) is 21.5 Å². The fraction of sp³-hybridized carbons (Fsp3) is 0.133. The summed E-state index contributed by atoms with van der Waals surface area (Å²) in [4.78, 5) is 30.0. The zero-order valence-corrected chi connectivity index (χ0v) is 12.4. The number of thiazole rings is 1. The molecular weight excluding hydrogens is 286 g/mol. The number of rotatable bonds is 2. The van der Waals surface area contributed by atoms with E-state index in [9.17, 15) is 9.59 Å². The third kappa shape index (κ3) is 2.71.